The minimum absolute atomic E-state index is 0. The number of pyridine rings is 1. The van der Waals surface area contributed by atoms with Crippen molar-refractivity contribution in [2.45, 2.75) is 26.7 Å². The van der Waals surface area contributed by atoms with E-state index in [0.29, 0.717) is 12.5 Å². The van der Waals surface area contributed by atoms with Crippen molar-refractivity contribution >= 4 is 29.9 Å². The minimum atomic E-state index is 0. The first kappa shape index (κ1) is 19.4. The Morgan fingerprint density at radius 2 is 2.09 bits per heavy atom. The van der Waals surface area contributed by atoms with Gasteiger partial charge in [-0.2, -0.15) is 5.10 Å². The van der Waals surface area contributed by atoms with Crippen LogP contribution in [0.5, 0.6) is 0 Å². The summed E-state index contributed by atoms with van der Waals surface area (Å²) in [7, 11) is 1.96. The minimum Gasteiger partial charge on any atom is -0.370 e. The molecule has 0 amide bonds. The Morgan fingerprint density at radius 1 is 1.30 bits per heavy atom. The van der Waals surface area contributed by atoms with Crippen molar-refractivity contribution in [2.75, 3.05) is 13.1 Å². The molecule has 0 spiro atoms. The van der Waals surface area contributed by atoms with Crippen molar-refractivity contribution < 1.29 is 0 Å². The number of guanidine groups is 1. The molecule has 0 aromatic carbocycles. The maximum Gasteiger partial charge on any atom is 0.188 e. The first-order valence-electron chi connectivity index (χ1n) is 7.50. The van der Waals surface area contributed by atoms with Crippen LogP contribution in [-0.4, -0.2) is 33.8 Å². The zero-order valence-electron chi connectivity index (χ0n) is 13.9. The molecule has 0 unspecified atom stereocenters. The molecule has 0 bridgehead atoms. The zero-order valence-corrected chi connectivity index (χ0v) is 16.2. The summed E-state index contributed by atoms with van der Waals surface area (Å²) in [6.07, 6.45) is 3.48. The molecule has 3 N–H and O–H groups in total. The smallest absolute Gasteiger partial charge is 0.188 e. The Bertz CT molecular complexity index is 636. The highest BCUT2D eigenvalue weighted by Crippen LogP contribution is 2.11. The summed E-state index contributed by atoms with van der Waals surface area (Å²) < 4.78 is 1.91. The molecule has 0 saturated carbocycles. The summed E-state index contributed by atoms with van der Waals surface area (Å²) >= 11 is 0. The number of aromatic nitrogens is 3. The Balaban J connectivity index is 0.00000264. The second kappa shape index (κ2) is 9.49. The lowest BCUT2D eigenvalue weighted by molar-refractivity contribution is 0.729. The molecule has 0 saturated heterocycles. The van der Waals surface area contributed by atoms with Crippen molar-refractivity contribution in [2.24, 2.45) is 17.8 Å². The monoisotopic (exact) mass is 428 g/mol. The number of rotatable bonds is 6. The number of aliphatic imine (C=N–C) groups is 1. The van der Waals surface area contributed by atoms with Gasteiger partial charge in [-0.1, -0.05) is 6.07 Å². The van der Waals surface area contributed by atoms with Gasteiger partial charge in [-0.05, 0) is 38.0 Å². The molecule has 2 aromatic heterocycles. The summed E-state index contributed by atoms with van der Waals surface area (Å²) in [6, 6.07) is 5.88. The van der Waals surface area contributed by atoms with E-state index in [4.69, 9.17) is 5.73 Å². The van der Waals surface area contributed by atoms with Gasteiger partial charge < -0.3 is 11.1 Å². The lowest BCUT2D eigenvalue weighted by Gasteiger charge is -2.06. The molecule has 2 heterocycles. The van der Waals surface area contributed by atoms with Gasteiger partial charge in [0.1, 0.15) is 0 Å². The van der Waals surface area contributed by atoms with E-state index in [1.54, 1.807) is 6.20 Å². The Kier molecular flexibility index (Phi) is 8.01. The molecule has 0 aliphatic heterocycles. The molecular weight excluding hydrogens is 403 g/mol. The van der Waals surface area contributed by atoms with Crippen LogP contribution >= 0.6 is 24.0 Å². The van der Waals surface area contributed by atoms with Crippen LogP contribution in [0, 0.1) is 13.8 Å². The number of aryl methyl sites for hydroxylation is 2. The Labute approximate surface area is 154 Å². The van der Waals surface area contributed by atoms with Crippen molar-refractivity contribution in [3.05, 3.63) is 47.0 Å². The number of hydrogen-bond acceptors (Lipinski definition) is 3. The van der Waals surface area contributed by atoms with E-state index in [2.05, 4.69) is 27.3 Å². The molecule has 0 aliphatic rings. The van der Waals surface area contributed by atoms with E-state index < -0.39 is 0 Å². The van der Waals surface area contributed by atoms with Crippen molar-refractivity contribution in [1.82, 2.24) is 20.1 Å². The van der Waals surface area contributed by atoms with Gasteiger partial charge >= 0.3 is 0 Å². The highest BCUT2D eigenvalue weighted by atomic mass is 127. The molecule has 6 nitrogen and oxygen atoms in total. The van der Waals surface area contributed by atoms with Gasteiger partial charge in [-0.3, -0.25) is 14.7 Å². The van der Waals surface area contributed by atoms with Crippen molar-refractivity contribution in [3.8, 4) is 0 Å². The zero-order chi connectivity index (χ0) is 15.9. The summed E-state index contributed by atoms with van der Waals surface area (Å²) in [6.45, 7) is 5.51. The highest BCUT2D eigenvalue weighted by Gasteiger charge is 2.08. The second-order valence-electron chi connectivity index (χ2n) is 5.29. The van der Waals surface area contributed by atoms with Crippen LogP contribution in [0.15, 0.2) is 29.4 Å². The average Bonchev–Trinajstić information content (AvgIpc) is 2.74. The highest BCUT2D eigenvalue weighted by molar-refractivity contribution is 14.0. The van der Waals surface area contributed by atoms with Gasteiger partial charge in [0.15, 0.2) is 5.96 Å². The molecule has 23 heavy (non-hydrogen) atoms. The first-order chi connectivity index (χ1) is 10.6. The van der Waals surface area contributed by atoms with Gasteiger partial charge in [0.25, 0.3) is 0 Å². The van der Waals surface area contributed by atoms with E-state index in [1.165, 1.54) is 11.3 Å². The summed E-state index contributed by atoms with van der Waals surface area (Å²) in [5.41, 5.74) is 10.5. The predicted octanol–water partition coefficient (Wildman–Crippen LogP) is 1.74. The standard InChI is InChI=1S/C16H24N6.HI/c1-12-15(13(2)22(3)21-12)8-11-20-16(17)19-10-7-14-6-4-5-9-18-14;/h4-6,9H,7-8,10-11H2,1-3H3,(H3,17,19,20);1H. The Morgan fingerprint density at radius 3 is 2.70 bits per heavy atom. The number of halogens is 1. The van der Waals surface area contributed by atoms with Crippen LogP contribution < -0.4 is 11.1 Å². The third-order valence-corrected chi connectivity index (χ3v) is 3.72. The molecule has 2 aromatic rings. The normalized spacial score (nSPS) is 11.2. The van der Waals surface area contributed by atoms with Crippen LogP contribution in [0.3, 0.4) is 0 Å². The van der Waals surface area contributed by atoms with Crippen LogP contribution in [-0.2, 0) is 19.9 Å². The molecule has 0 radical (unpaired) electrons. The number of hydrogen-bond donors (Lipinski definition) is 2. The van der Waals surface area contributed by atoms with E-state index in [9.17, 15) is 0 Å². The number of nitrogens with zero attached hydrogens (tertiary/aromatic N) is 4. The van der Waals surface area contributed by atoms with Gasteiger partial charge in [0.05, 0.1) is 5.69 Å². The van der Waals surface area contributed by atoms with E-state index in [0.717, 1.165) is 30.8 Å². The number of nitrogens with one attached hydrogen (secondary N) is 1. The molecule has 0 fully saturated rings. The van der Waals surface area contributed by atoms with Crippen molar-refractivity contribution in [1.29, 1.82) is 0 Å². The van der Waals surface area contributed by atoms with Gasteiger partial charge in [0, 0.05) is 44.1 Å². The van der Waals surface area contributed by atoms with Crippen LogP contribution in [0.1, 0.15) is 22.6 Å². The SMILES string of the molecule is Cc1nn(C)c(C)c1CCNC(N)=NCCc1ccccn1.I. The summed E-state index contributed by atoms with van der Waals surface area (Å²) in [4.78, 5) is 8.58. The lowest BCUT2D eigenvalue weighted by atomic mass is 10.1. The second-order valence-corrected chi connectivity index (χ2v) is 5.29. The first-order valence-corrected chi connectivity index (χ1v) is 7.50. The fourth-order valence-electron chi connectivity index (χ4n) is 2.39. The summed E-state index contributed by atoms with van der Waals surface area (Å²) in [5, 5.41) is 7.56. The predicted molar refractivity (Wildman–Crippen MR) is 104 cm³/mol. The molecule has 7 heteroatoms. The molecular formula is C16H25IN6. The van der Waals surface area contributed by atoms with Gasteiger partial charge in [-0.25, -0.2) is 0 Å². The third kappa shape index (κ3) is 5.81. The van der Waals surface area contributed by atoms with Crippen LogP contribution in [0.2, 0.25) is 0 Å². The lowest BCUT2D eigenvalue weighted by Crippen LogP contribution is -2.33. The fourth-order valence-corrected chi connectivity index (χ4v) is 2.39. The number of nitrogens with two attached hydrogens (primary N) is 1. The largest absolute Gasteiger partial charge is 0.370 e. The maximum atomic E-state index is 5.88. The average molecular weight is 428 g/mol. The maximum absolute atomic E-state index is 5.88. The van der Waals surface area contributed by atoms with Gasteiger partial charge in [-0.15, -0.1) is 24.0 Å². The molecule has 2 rings (SSSR count). The Hall–Kier alpha value is -1.64. The third-order valence-electron chi connectivity index (χ3n) is 3.72. The topological polar surface area (TPSA) is 81.1 Å². The van der Waals surface area contributed by atoms with Crippen LogP contribution in [0.4, 0.5) is 0 Å². The molecule has 126 valence electrons. The van der Waals surface area contributed by atoms with Crippen LogP contribution in [0.25, 0.3) is 0 Å². The van der Waals surface area contributed by atoms with Crippen molar-refractivity contribution in [3.63, 3.8) is 0 Å². The quantitative estimate of drug-likeness (QED) is 0.417. The summed E-state index contributed by atoms with van der Waals surface area (Å²) in [5.74, 6) is 0.482. The van der Waals surface area contributed by atoms with E-state index in [-0.39, 0.29) is 24.0 Å². The van der Waals surface area contributed by atoms with Gasteiger partial charge in [0.2, 0.25) is 0 Å². The molecule has 0 aliphatic carbocycles. The van der Waals surface area contributed by atoms with E-state index >= 15 is 0 Å². The van der Waals surface area contributed by atoms with E-state index in [1.807, 2.05) is 36.9 Å². The fraction of sp³-hybridized carbons (Fsp3) is 0.438. The molecule has 0 atom stereocenters.